The first kappa shape index (κ1) is 20.4. The number of carbonyl (C=O) groups is 2. The molecule has 1 N–H and O–H groups in total. The lowest BCUT2D eigenvalue weighted by Gasteiger charge is -2.13. The van der Waals surface area contributed by atoms with Gasteiger partial charge in [-0.2, -0.15) is 0 Å². The highest BCUT2D eigenvalue weighted by Gasteiger charge is 2.15. The van der Waals surface area contributed by atoms with Crippen molar-refractivity contribution in [3.05, 3.63) is 94.5 Å². The van der Waals surface area contributed by atoms with Crippen molar-refractivity contribution in [2.24, 2.45) is 0 Å². The summed E-state index contributed by atoms with van der Waals surface area (Å²) >= 11 is 6.23. The summed E-state index contributed by atoms with van der Waals surface area (Å²) in [5.74, 6) is -0.362. The Labute approximate surface area is 174 Å². The lowest BCUT2D eigenvalue weighted by molar-refractivity contribution is 0.0526. The summed E-state index contributed by atoms with van der Waals surface area (Å²) in [6, 6.07) is 21.3. The Kier molecular flexibility index (Phi) is 6.87. The topological polar surface area (TPSA) is 64.6 Å². The van der Waals surface area contributed by atoms with Crippen molar-refractivity contribution in [2.45, 2.75) is 13.5 Å². The SMILES string of the molecule is CCOC(=O)c1ccc(NC(=O)c2ccccc2OCc2ccccc2)c(Cl)c1. The van der Waals surface area contributed by atoms with Crippen LogP contribution in [0, 0.1) is 0 Å². The van der Waals surface area contributed by atoms with E-state index in [0.29, 0.717) is 29.2 Å². The predicted molar refractivity (Wildman–Crippen MR) is 113 cm³/mol. The van der Waals surface area contributed by atoms with E-state index in [1.807, 2.05) is 30.3 Å². The van der Waals surface area contributed by atoms with E-state index in [1.54, 1.807) is 43.3 Å². The minimum atomic E-state index is -0.466. The summed E-state index contributed by atoms with van der Waals surface area (Å²) in [7, 11) is 0. The standard InChI is InChI=1S/C23H20ClNO4/c1-2-28-23(27)17-12-13-20(19(24)14-17)25-22(26)18-10-6-7-11-21(18)29-15-16-8-4-3-5-9-16/h3-14H,2,15H2,1H3,(H,25,26). The molecule has 148 valence electrons. The van der Waals surface area contributed by atoms with Crippen molar-refractivity contribution in [3.63, 3.8) is 0 Å². The average Bonchev–Trinajstić information content (AvgIpc) is 2.74. The molecule has 0 radical (unpaired) electrons. The van der Waals surface area contributed by atoms with Crippen LogP contribution in [0.1, 0.15) is 33.2 Å². The van der Waals surface area contributed by atoms with Crippen molar-refractivity contribution in [1.82, 2.24) is 0 Å². The van der Waals surface area contributed by atoms with Gasteiger partial charge >= 0.3 is 5.97 Å². The number of halogens is 1. The normalized spacial score (nSPS) is 10.3. The molecule has 0 bridgehead atoms. The predicted octanol–water partition coefficient (Wildman–Crippen LogP) is 5.35. The van der Waals surface area contributed by atoms with E-state index in [4.69, 9.17) is 21.1 Å². The molecule has 3 rings (SSSR count). The number of anilines is 1. The van der Waals surface area contributed by atoms with Crippen molar-refractivity contribution in [3.8, 4) is 5.75 Å². The minimum absolute atomic E-state index is 0.242. The van der Waals surface area contributed by atoms with Gasteiger partial charge in [-0.1, -0.05) is 54.1 Å². The third kappa shape index (κ3) is 5.36. The lowest BCUT2D eigenvalue weighted by atomic mass is 10.1. The van der Waals surface area contributed by atoms with Crippen LogP contribution in [0.2, 0.25) is 5.02 Å². The maximum absolute atomic E-state index is 12.8. The van der Waals surface area contributed by atoms with Crippen LogP contribution in [0.5, 0.6) is 5.75 Å². The maximum atomic E-state index is 12.8. The average molecular weight is 410 g/mol. The zero-order valence-corrected chi connectivity index (χ0v) is 16.6. The van der Waals surface area contributed by atoms with Gasteiger partial charge in [0.15, 0.2) is 0 Å². The summed E-state index contributed by atoms with van der Waals surface area (Å²) in [5, 5.41) is 3.00. The fourth-order valence-electron chi connectivity index (χ4n) is 2.66. The van der Waals surface area contributed by atoms with Crippen LogP contribution >= 0.6 is 11.6 Å². The number of esters is 1. The highest BCUT2D eigenvalue weighted by Crippen LogP contribution is 2.26. The van der Waals surface area contributed by atoms with Crippen LogP contribution in [0.3, 0.4) is 0 Å². The van der Waals surface area contributed by atoms with Gasteiger partial charge in [-0.05, 0) is 42.8 Å². The van der Waals surface area contributed by atoms with Crippen molar-refractivity contribution in [2.75, 3.05) is 11.9 Å². The second kappa shape index (κ2) is 9.75. The first-order valence-electron chi connectivity index (χ1n) is 9.12. The number of hydrogen-bond donors (Lipinski definition) is 1. The number of hydrogen-bond acceptors (Lipinski definition) is 4. The molecular formula is C23H20ClNO4. The smallest absolute Gasteiger partial charge is 0.338 e. The van der Waals surface area contributed by atoms with E-state index in [2.05, 4.69) is 5.32 Å². The fraction of sp³-hybridized carbons (Fsp3) is 0.130. The molecule has 0 fully saturated rings. The summed E-state index contributed by atoms with van der Waals surface area (Å²) in [4.78, 5) is 24.6. The van der Waals surface area contributed by atoms with Gasteiger partial charge in [0.25, 0.3) is 5.91 Å². The molecule has 0 aliphatic carbocycles. The van der Waals surface area contributed by atoms with Gasteiger partial charge in [0, 0.05) is 0 Å². The molecule has 1 amide bonds. The zero-order chi connectivity index (χ0) is 20.6. The molecule has 0 atom stereocenters. The van der Waals surface area contributed by atoms with E-state index >= 15 is 0 Å². The summed E-state index contributed by atoms with van der Waals surface area (Å²) in [6.07, 6.45) is 0. The molecule has 3 aromatic carbocycles. The van der Waals surface area contributed by atoms with Crippen LogP contribution in [-0.2, 0) is 11.3 Å². The minimum Gasteiger partial charge on any atom is -0.488 e. The Balaban J connectivity index is 1.73. The van der Waals surface area contributed by atoms with E-state index in [1.165, 1.54) is 6.07 Å². The Morgan fingerprint density at radius 1 is 0.966 bits per heavy atom. The molecular weight excluding hydrogens is 390 g/mol. The number of rotatable bonds is 7. The Bertz CT molecular complexity index is 1000. The fourth-order valence-corrected chi connectivity index (χ4v) is 2.89. The second-order valence-corrected chi connectivity index (χ2v) is 6.55. The van der Waals surface area contributed by atoms with Gasteiger partial charge in [0.1, 0.15) is 12.4 Å². The van der Waals surface area contributed by atoms with Crippen molar-refractivity contribution >= 4 is 29.2 Å². The van der Waals surface area contributed by atoms with Gasteiger partial charge in [-0.15, -0.1) is 0 Å². The van der Waals surface area contributed by atoms with Crippen LogP contribution in [0.25, 0.3) is 0 Å². The number of carbonyl (C=O) groups excluding carboxylic acids is 2. The number of benzene rings is 3. The highest BCUT2D eigenvalue weighted by molar-refractivity contribution is 6.34. The molecule has 5 nitrogen and oxygen atoms in total. The molecule has 0 saturated carbocycles. The molecule has 0 aromatic heterocycles. The molecule has 0 heterocycles. The Morgan fingerprint density at radius 2 is 1.69 bits per heavy atom. The van der Waals surface area contributed by atoms with E-state index in [0.717, 1.165) is 5.56 Å². The van der Waals surface area contributed by atoms with E-state index in [-0.39, 0.29) is 17.5 Å². The Hall–Kier alpha value is -3.31. The van der Waals surface area contributed by atoms with Gasteiger partial charge in [0.2, 0.25) is 0 Å². The number of ether oxygens (including phenoxy) is 2. The third-order valence-corrected chi connectivity index (χ3v) is 4.41. The molecule has 0 unspecified atom stereocenters. The molecule has 0 aliphatic heterocycles. The highest BCUT2D eigenvalue weighted by atomic mass is 35.5. The van der Waals surface area contributed by atoms with Crippen LogP contribution in [0.4, 0.5) is 5.69 Å². The first-order valence-corrected chi connectivity index (χ1v) is 9.50. The molecule has 0 saturated heterocycles. The first-order chi connectivity index (χ1) is 14.1. The van der Waals surface area contributed by atoms with E-state index in [9.17, 15) is 9.59 Å². The monoisotopic (exact) mass is 409 g/mol. The quantitative estimate of drug-likeness (QED) is 0.534. The van der Waals surface area contributed by atoms with E-state index < -0.39 is 5.97 Å². The summed E-state index contributed by atoms with van der Waals surface area (Å²) in [5.41, 5.74) is 2.10. The van der Waals surface area contributed by atoms with Gasteiger partial charge < -0.3 is 14.8 Å². The number of para-hydroxylation sites is 1. The lowest BCUT2D eigenvalue weighted by Crippen LogP contribution is -2.14. The van der Waals surface area contributed by atoms with Gasteiger partial charge in [-0.3, -0.25) is 4.79 Å². The number of amides is 1. The van der Waals surface area contributed by atoms with Crippen LogP contribution in [0.15, 0.2) is 72.8 Å². The van der Waals surface area contributed by atoms with Gasteiger partial charge in [0.05, 0.1) is 28.4 Å². The zero-order valence-electron chi connectivity index (χ0n) is 15.9. The Morgan fingerprint density at radius 3 is 2.41 bits per heavy atom. The molecule has 0 aliphatic rings. The third-order valence-electron chi connectivity index (χ3n) is 4.10. The second-order valence-electron chi connectivity index (χ2n) is 6.14. The van der Waals surface area contributed by atoms with Crippen LogP contribution < -0.4 is 10.1 Å². The maximum Gasteiger partial charge on any atom is 0.338 e. The van der Waals surface area contributed by atoms with Gasteiger partial charge in [-0.25, -0.2) is 4.79 Å². The molecule has 6 heteroatoms. The van der Waals surface area contributed by atoms with Crippen molar-refractivity contribution < 1.29 is 19.1 Å². The molecule has 29 heavy (non-hydrogen) atoms. The summed E-state index contributed by atoms with van der Waals surface area (Å²) < 4.78 is 10.8. The van der Waals surface area contributed by atoms with Crippen molar-refractivity contribution in [1.29, 1.82) is 0 Å². The number of nitrogens with one attached hydrogen (secondary N) is 1. The van der Waals surface area contributed by atoms with Crippen LogP contribution in [-0.4, -0.2) is 18.5 Å². The molecule has 3 aromatic rings. The molecule has 0 spiro atoms. The summed E-state index contributed by atoms with van der Waals surface area (Å²) in [6.45, 7) is 2.35. The largest absolute Gasteiger partial charge is 0.488 e.